The smallest absolute Gasteiger partial charge is 0.322 e. The lowest BCUT2D eigenvalue weighted by atomic mass is 10.3. The van der Waals surface area contributed by atoms with Crippen LogP contribution in [-0.4, -0.2) is 28.8 Å². The molecule has 2 aromatic rings. The monoisotopic (exact) mass is 287 g/mol. The van der Waals surface area contributed by atoms with Gasteiger partial charge in [-0.1, -0.05) is 36.4 Å². The molecule has 21 heavy (non-hydrogen) atoms. The fraction of sp³-hybridized carbons (Fsp3) is 0.133. The van der Waals surface area contributed by atoms with Crippen LogP contribution < -0.4 is 5.73 Å². The zero-order chi connectivity index (χ0) is 15.5. The van der Waals surface area contributed by atoms with Gasteiger partial charge < -0.3 is 15.9 Å². The number of aliphatic hydroxyl groups is 1. The van der Waals surface area contributed by atoms with Gasteiger partial charge in [-0.2, -0.15) is 10.2 Å². The molecule has 0 aromatic heterocycles. The van der Waals surface area contributed by atoms with E-state index in [4.69, 9.17) is 15.9 Å². The minimum atomic E-state index is -1.18. The molecule has 0 saturated carbocycles. The second-order valence-corrected chi connectivity index (χ2v) is 4.00. The Morgan fingerprint density at radius 1 is 0.952 bits per heavy atom. The van der Waals surface area contributed by atoms with E-state index < -0.39 is 18.6 Å². The van der Waals surface area contributed by atoms with Crippen LogP contribution in [0.2, 0.25) is 0 Å². The molecule has 0 saturated heterocycles. The zero-order valence-electron chi connectivity index (χ0n) is 11.3. The number of carbonyl (C=O) groups is 1. The SMILES string of the molecule is N[C@@H](CO)C(=O)O.c1ccc(N=Nc2ccccc2)cc1. The number of carboxylic acid groups (broad SMARTS) is 1. The maximum absolute atomic E-state index is 9.65. The molecule has 0 aliphatic heterocycles. The lowest BCUT2D eigenvalue weighted by molar-refractivity contribution is -0.139. The predicted octanol–water partition coefficient (Wildman–Crippen LogP) is 2.49. The Kier molecular flexibility index (Phi) is 7.34. The first kappa shape index (κ1) is 16.5. The van der Waals surface area contributed by atoms with Crippen LogP contribution >= 0.6 is 0 Å². The van der Waals surface area contributed by atoms with Gasteiger partial charge in [0.15, 0.2) is 0 Å². The number of aliphatic carboxylic acids is 1. The summed E-state index contributed by atoms with van der Waals surface area (Å²) in [4.78, 5) is 9.65. The molecule has 0 aliphatic rings. The van der Waals surface area contributed by atoms with Crippen molar-refractivity contribution in [2.45, 2.75) is 6.04 Å². The van der Waals surface area contributed by atoms with Crippen LogP contribution in [0.1, 0.15) is 0 Å². The Balaban J connectivity index is 0.000000270. The van der Waals surface area contributed by atoms with E-state index in [9.17, 15) is 4.79 Å². The Labute approximate surface area is 122 Å². The number of nitrogens with two attached hydrogens (primary N) is 1. The van der Waals surface area contributed by atoms with E-state index in [1.54, 1.807) is 0 Å². The average molecular weight is 287 g/mol. The molecule has 1 atom stereocenters. The molecule has 0 heterocycles. The molecule has 6 heteroatoms. The first-order valence-corrected chi connectivity index (χ1v) is 6.24. The highest BCUT2D eigenvalue weighted by atomic mass is 16.4. The number of rotatable bonds is 4. The molecule has 0 fully saturated rings. The third kappa shape index (κ3) is 6.95. The Bertz CT molecular complexity index is 517. The fourth-order valence-corrected chi connectivity index (χ4v) is 1.18. The first-order chi connectivity index (χ1) is 10.1. The second kappa shape index (κ2) is 9.35. The van der Waals surface area contributed by atoms with E-state index in [1.165, 1.54) is 0 Å². The minimum Gasteiger partial charge on any atom is -0.480 e. The summed E-state index contributed by atoms with van der Waals surface area (Å²) in [5.41, 5.74) is 6.51. The van der Waals surface area contributed by atoms with Crippen LogP contribution in [0.25, 0.3) is 0 Å². The number of benzene rings is 2. The summed E-state index contributed by atoms with van der Waals surface area (Å²) >= 11 is 0. The lowest BCUT2D eigenvalue weighted by Crippen LogP contribution is -2.33. The van der Waals surface area contributed by atoms with Crippen molar-refractivity contribution in [3.8, 4) is 0 Å². The van der Waals surface area contributed by atoms with E-state index in [0.717, 1.165) is 11.4 Å². The normalized spacial score (nSPS) is 11.5. The van der Waals surface area contributed by atoms with Gasteiger partial charge in [0, 0.05) is 0 Å². The van der Waals surface area contributed by atoms with E-state index in [0.29, 0.717) is 0 Å². The second-order valence-electron chi connectivity index (χ2n) is 4.00. The van der Waals surface area contributed by atoms with Gasteiger partial charge in [-0.05, 0) is 24.3 Å². The molecule has 0 spiro atoms. The molecule has 110 valence electrons. The number of azo groups is 1. The molecular formula is C15H17N3O3. The van der Waals surface area contributed by atoms with Crippen molar-refractivity contribution in [1.82, 2.24) is 0 Å². The molecular weight excluding hydrogens is 270 g/mol. The third-order valence-electron chi connectivity index (χ3n) is 2.31. The Morgan fingerprint density at radius 2 is 1.33 bits per heavy atom. The summed E-state index contributed by atoms with van der Waals surface area (Å²) in [6, 6.07) is 18.3. The van der Waals surface area contributed by atoms with Crippen molar-refractivity contribution < 1.29 is 15.0 Å². The first-order valence-electron chi connectivity index (χ1n) is 6.24. The number of aliphatic hydroxyl groups excluding tert-OH is 1. The summed E-state index contributed by atoms with van der Waals surface area (Å²) in [5.74, 6) is -1.18. The zero-order valence-corrected chi connectivity index (χ0v) is 11.3. The Hall–Kier alpha value is -2.57. The largest absolute Gasteiger partial charge is 0.480 e. The van der Waals surface area contributed by atoms with Gasteiger partial charge >= 0.3 is 5.97 Å². The van der Waals surface area contributed by atoms with Gasteiger partial charge in [0.2, 0.25) is 0 Å². The molecule has 0 unspecified atom stereocenters. The topological polar surface area (TPSA) is 108 Å². The highest BCUT2D eigenvalue weighted by Crippen LogP contribution is 2.16. The van der Waals surface area contributed by atoms with Crippen molar-refractivity contribution in [3.63, 3.8) is 0 Å². The summed E-state index contributed by atoms with van der Waals surface area (Å²) in [5, 5.41) is 24.1. The van der Waals surface area contributed by atoms with Gasteiger partial charge in [0.1, 0.15) is 6.04 Å². The number of hydrogen-bond donors (Lipinski definition) is 3. The molecule has 0 amide bonds. The fourth-order valence-electron chi connectivity index (χ4n) is 1.18. The van der Waals surface area contributed by atoms with Crippen molar-refractivity contribution in [2.75, 3.05) is 6.61 Å². The van der Waals surface area contributed by atoms with Crippen molar-refractivity contribution >= 4 is 17.3 Å². The van der Waals surface area contributed by atoms with E-state index in [-0.39, 0.29) is 0 Å². The summed E-state index contributed by atoms with van der Waals surface area (Å²) in [6.07, 6.45) is 0. The van der Waals surface area contributed by atoms with Gasteiger partial charge in [0.25, 0.3) is 0 Å². The average Bonchev–Trinajstić information content (AvgIpc) is 2.54. The number of nitrogens with zero attached hydrogens (tertiary/aromatic N) is 2. The quantitative estimate of drug-likeness (QED) is 0.750. The van der Waals surface area contributed by atoms with E-state index >= 15 is 0 Å². The standard InChI is InChI=1S/C12H10N2.C3H7NO3/c1-3-7-11(8-4-1)13-14-12-9-5-2-6-10-12;4-2(1-5)3(6)7/h1-10H;2,5H,1,4H2,(H,6,7)/t;2-/m.0/s1. The molecule has 2 rings (SSSR count). The van der Waals surface area contributed by atoms with Gasteiger partial charge in [-0.3, -0.25) is 4.79 Å². The highest BCUT2D eigenvalue weighted by Gasteiger charge is 2.07. The molecule has 6 nitrogen and oxygen atoms in total. The highest BCUT2D eigenvalue weighted by molar-refractivity contribution is 5.73. The summed E-state index contributed by atoms with van der Waals surface area (Å²) in [6.45, 7) is -0.505. The minimum absolute atomic E-state index is 0.505. The molecule has 2 aromatic carbocycles. The van der Waals surface area contributed by atoms with Gasteiger partial charge in [-0.15, -0.1) is 0 Å². The third-order valence-corrected chi connectivity index (χ3v) is 2.31. The molecule has 0 bridgehead atoms. The molecule has 4 N–H and O–H groups in total. The van der Waals surface area contributed by atoms with Crippen LogP contribution in [0, 0.1) is 0 Å². The van der Waals surface area contributed by atoms with E-state index in [1.807, 2.05) is 60.7 Å². The van der Waals surface area contributed by atoms with Crippen LogP contribution in [-0.2, 0) is 4.79 Å². The van der Waals surface area contributed by atoms with Crippen molar-refractivity contribution in [3.05, 3.63) is 60.7 Å². The van der Waals surface area contributed by atoms with Crippen molar-refractivity contribution in [1.29, 1.82) is 0 Å². The van der Waals surface area contributed by atoms with Crippen molar-refractivity contribution in [2.24, 2.45) is 16.0 Å². The maximum Gasteiger partial charge on any atom is 0.322 e. The van der Waals surface area contributed by atoms with Crippen LogP contribution in [0.4, 0.5) is 11.4 Å². The molecule has 0 radical (unpaired) electrons. The summed E-state index contributed by atoms with van der Waals surface area (Å²) < 4.78 is 0. The van der Waals surface area contributed by atoms with Crippen LogP contribution in [0.15, 0.2) is 70.9 Å². The maximum atomic E-state index is 9.65. The Morgan fingerprint density at radius 3 is 1.57 bits per heavy atom. The van der Waals surface area contributed by atoms with Gasteiger partial charge in [0.05, 0.1) is 18.0 Å². The number of carboxylic acids is 1. The number of hydrogen-bond acceptors (Lipinski definition) is 5. The van der Waals surface area contributed by atoms with Crippen LogP contribution in [0.5, 0.6) is 0 Å². The predicted molar refractivity (Wildman–Crippen MR) is 79.8 cm³/mol. The van der Waals surface area contributed by atoms with E-state index in [2.05, 4.69) is 10.2 Å². The lowest BCUT2D eigenvalue weighted by Gasteiger charge is -1.96. The summed E-state index contributed by atoms with van der Waals surface area (Å²) in [7, 11) is 0. The van der Waals surface area contributed by atoms with Gasteiger partial charge in [-0.25, -0.2) is 0 Å². The molecule has 0 aliphatic carbocycles. The van der Waals surface area contributed by atoms with Crippen LogP contribution in [0.3, 0.4) is 0 Å².